The van der Waals surface area contributed by atoms with Crippen molar-refractivity contribution in [2.24, 2.45) is 17.3 Å². The minimum atomic E-state index is -1.94. The summed E-state index contributed by atoms with van der Waals surface area (Å²) in [5.74, 6) is -4.68. The van der Waals surface area contributed by atoms with Crippen molar-refractivity contribution in [2.45, 2.75) is 122 Å². The lowest BCUT2D eigenvalue weighted by Crippen LogP contribution is -2.82. The number of hydrogen-bond donors (Lipinski definition) is 1. The summed E-state index contributed by atoms with van der Waals surface area (Å²) in [6, 6.07) is 8.15. The summed E-state index contributed by atoms with van der Waals surface area (Å²) in [5, 5.41) is 12.3. The maximum Gasteiger partial charge on any atom is 0.338 e. The lowest BCUT2D eigenvalue weighted by molar-refractivity contribution is -0.341. The zero-order chi connectivity index (χ0) is 32.8. The number of carbonyl (C=O) groups is 5. The SMILES string of the molecule is CCC(C)C(=O)O[C@@H]1[C@@H]2[C@@H](OC(C)=O)[C@]3(OC2(C)C)C(C)(O)CC[C@H](OC(C)=O)[C@@]3(CC(C)=O)[C@@H]1OC(=O)c1ccccc1. The standard InChI is InChI=1S/C33H44O11/c1-9-18(2)28(37)42-25-24-26(41-21(5)36)33(44-30(24,6)7)31(8,39)16-15-23(40-20(4)35)32(33,17-19(3)34)27(25)43-29(38)22-13-11-10-12-14-22/h10-14,18,23-27,39H,9,15-17H2,1-8H3/t18?,23-,24+,25+,26+,27+,31?,32-,33-/m0/s1. The first-order valence-corrected chi connectivity index (χ1v) is 15.2. The van der Waals surface area contributed by atoms with Gasteiger partial charge in [-0.25, -0.2) is 4.79 Å². The average Bonchev–Trinajstić information content (AvgIpc) is 3.13. The molecule has 11 heteroatoms. The van der Waals surface area contributed by atoms with Gasteiger partial charge in [0.25, 0.3) is 0 Å². The molecule has 9 atom stereocenters. The van der Waals surface area contributed by atoms with Crippen LogP contribution < -0.4 is 0 Å². The van der Waals surface area contributed by atoms with Crippen molar-refractivity contribution >= 4 is 29.7 Å². The number of Topliss-reactive ketones (excluding diaryl/α,β-unsaturated/α-hetero) is 1. The van der Waals surface area contributed by atoms with Crippen LogP contribution in [0, 0.1) is 17.3 Å². The van der Waals surface area contributed by atoms with Crippen molar-refractivity contribution in [3.8, 4) is 0 Å². The van der Waals surface area contributed by atoms with Gasteiger partial charge in [0.05, 0.1) is 34.0 Å². The maximum atomic E-state index is 13.8. The third-order valence-electron chi connectivity index (χ3n) is 9.73. The lowest BCUT2D eigenvalue weighted by atomic mass is 9.45. The highest BCUT2D eigenvalue weighted by Crippen LogP contribution is 2.70. The zero-order valence-corrected chi connectivity index (χ0v) is 26.7. The second-order valence-electron chi connectivity index (χ2n) is 13.2. The van der Waals surface area contributed by atoms with Crippen LogP contribution in [0.3, 0.4) is 0 Å². The van der Waals surface area contributed by atoms with Gasteiger partial charge in [-0.3, -0.25) is 14.4 Å². The van der Waals surface area contributed by atoms with E-state index in [2.05, 4.69) is 0 Å². The quantitative estimate of drug-likeness (QED) is 0.319. The Labute approximate surface area is 257 Å². The van der Waals surface area contributed by atoms with E-state index < -0.39 is 94.6 Å². The minimum absolute atomic E-state index is 0.0296. The van der Waals surface area contributed by atoms with Gasteiger partial charge < -0.3 is 33.6 Å². The van der Waals surface area contributed by atoms with Crippen LogP contribution in [0.15, 0.2) is 30.3 Å². The number of hydrogen-bond acceptors (Lipinski definition) is 11. The molecule has 3 aliphatic rings. The number of rotatable bonds is 9. The summed E-state index contributed by atoms with van der Waals surface area (Å²) in [5.41, 5.74) is -6.67. The van der Waals surface area contributed by atoms with Crippen molar-refractivity contribution in [1.82, 2.24) is 0 Å². The van der Waals surface area contributed by atoms with Crippen LogP contribution in [0.5, 0.6) is 0 Å². The zero-order valence-electron chi connectivity index (χ0n) is 26.7. The van der Waals surface area contributed by atoms with Gasteiger partial charge in [0, 0.05) is 20.3 Å². The van der Waals surface area contributed by atoms with Crippen molar-refractivity contribution in [2.75, 3.05) is 0 Å². The molecule has 3 fully saturated rings. The van der Waals surface area contributed by atoms with Crippen molar-refractivity contribution in [3.63, 3.8) is 0 Å². The fourth-order valence-corrected chi connectivity index (χ4v) is 7.91. The highest BCUT2D eigenvalue weighted by molar-refractivity contribution is 5.89. The molecule has 11 nitrogen and oxygen atoms in total. The first kappa shape index (κ1) is 33.6. The van der Waals surface area contributed by atoms with E-state index in [4.69, 9.17) is 23.7 Å². The molecule has 1 spiro atoms. The number of aliphatic hydroxyl groups is 1. The second-order valence-corrected chi connectivity index (χ2v) is 13.2. The topological polar surface area (TPSA) is 152 Å². The van der Waals surface area contributed by atoms with Gasteiger partial charge in [-0.1, -0.05) is 32.0 Å². The van der Waals surface area contributed by atoms with Gasteiger partial charge in [0.1, 0.15) is 29.7 Å². The fourth-order valence-electron chi connectivity index (χ4n) is 7.91. The van der Waals surface area contributed by atoms with E-state index in [0.29, 0.717) is 6.42 Å². The molecule has 2 unspecified atom stereocenters. The molecule has 1 aliphatic heterocycles. The number of esters is 4. The summed E-state index contributed by atoms with van der Waals surface area (Å²) in [7, 11) is 0. The van der Waals surface area contributed by atoms with Crippen LogP contribution in [0.4, 0.5) is 0 Å². The van der Waals surface area contributed by atoms with E-state index in [1.165, 1.54) is 27.7 Å². The molecule has 0 radical (unpaired) electrons. The van der Waals surface area contributed by atoms with Crippen LogP contribution >= 0.6 is 0 Å². The van der Waals surface area contributed by atoms with E-state index >= 15 is 0 Å². The Balaban J connectivity index is 2.11. The molecule has 0 aromatic heterocycles. The molecule has 2 saturated carbocycles. The first-order chi connectivity index (χ1) is 20.4. The summed E-state index contributed by atoms with van der Waals surface area (Å²) in [6.07, 6.45) is -5.15. The van der Waals surface area contributed by atoms with Gasteiger partial charge in [0.2, 0.25) is 0 Å². The lowest BCUT2D eigenvalue weighted by Gasteiger charge is -2.66. The van der Waals surface area contributed by atoms with Gasteiger partial charge in [-0.2, -0.15) is 0 Å². The van der Waals surface area contributed by atoms with Gasteiger partial charge in [0.15, 0.2) is 6.10 Å². The molecule has 44 heavy (non-hydrogen) atoms. The number of ketones is 1. The van der Waals surface area contributed by atoms with Crippen molar-refractivity contribution < 1.29 is 52.8 Å². The summed E-state index contributed by atoms with van der Waals surface area (Å²) in [6.45, 7) is 12.2. The Morgan fingerprint density at radius 3 is 2.09 bits per heavy atom. The highest BCUT2D eigenvalue weighted by atomic mass is 16.6. The van der Waals surface area contributed by atoms with E-state index in [0.717, 1.165) is 0 Å². The highest BCUT2D eigenvalue weighted by Gasteiger charge is 2.87. The Bertz CT molecular complexity index is 1300. The second kappa shape index (κ2) is 11.9. The first-order valence-electron chi connectivity index (χ1n) is 15.2. The number of fused-ring (bicyclic) bond motifs is 1. The molecule has 1 aromatic carbocycles. The molecule has 1 saturated heterocycles. The smallest absolute Gasteiger partial charge is 0.338 e. The maximum absolute atomic E-state index is 13.8. The minimum Gasteiger partial charge on any atom is -0.462 e. The monoisotopic (exact) mass is 616 g/mol. The number of benzene rings is 1. The van der Waals surface area contributed by atoms with Crippen LogP contribution in [0.2, 0.25) is 0 Å². The summed E-state index contributed by atoms with van der Waals surface area (Å²) in [4.78, 5) is 66.0. The van der Waals surface area contributed by atoms with Gasteiger partial charge in [-0.15, -0.1) is 0 Å². The Hall–Kier alpha value is -3.31. The van der Waals surface area contributed by atoms with E-state index in [-0.39, 0.29) is 18.4 Å². The van der Waals surface area contributed by atoms with Crippen molar-refractivity contribution in [1.29, 1.82) is 0 Å². The number of carbonyl (C=O) groups excluding carboxylic acids is 5. The van der Waals surface area contributed by atoms with Crippen LogP contribution in [0.1, 0.15) is 91.4 Å². The molecule has 2 aliphatic carbocycles. The van der Waals surface area contributed by atoms with E-state index in [1.807, 2.05) is 6.92 Å². The molecule has 242 valence electrons. The molecule has 1 aromatic rings. The molecule has 1 N–H and O–H groups in total. The molecule has 1 heterocycles. The predicted octanol–water partition coefficient (Wildman–Crippen LogP) is 3.72. The third kappa shape index (κ3) is 5.31. The molecule has 4 rings (SSSR count). The van der Waals surface area contributed by atoms with E-state index in [1.54, 1.807) is 51.1 Å². The molecular weight excluding hydrogens is 572 g/mol. The molecule has 2 bridgehead atoms. The van der Waals surface area contributed by atoms with Crippen LogP contribution in [0.25, 0.3) is 0 Å². The summed E-state index contributed by atoms with van der Waals surface area (Å²) < 4.78 is 31.3. The fraction of sp³-hybridized carbons (Fsp3) is 0.667. The number of ether oxygens (including phenoxy) is 5. The largest absolute Gasteiger partial charge is 0.462 e. The average molecular weight is 617 g/mol. The summed E-state index contributed by atoms with van der Waals surface area (Å²) >= 11 is 0. The Morgan fingerprint density at radius 1 is 0.932 bits per heavy atom. The Kier molecular flexibility index (Phi) is 9.07. The van der Waals surface area contributed by atoms with Crippen LogP contribution in [-0.4, -0.2) is 76.0 Å². The predicted molar refractivity (Wildman–Crippen MR) is 155 cm³/mol. The third-order valence-corrected chi connectivity index (χ3v) is 9.73. The molecular formula is C33H44O11. The van der Waals surface area contributed by atoms with Crippen LogP contribution in [-0.2, 0) is 42.9 Å². The molecule has 0 amide bonds. The van der Waals surface area contributed by atoms with Gasteiger partial charge >= 0.3 is 23.9 Å². The normalized spacial score (nSPS) is 35.9. The van der Waals surface area contributed by atoms with E-state index in [9.17, 15) is 29.1 Å². The van der Waals surface area contributed by atoms with Crippen molar-refractivity contribution in [3.05, 3.63) is 35.9 Å². The Morgan fingerprint density at radius 2 is 1.55 bits per heavy atom. The van der Waals surface area contributed by atoms with Gasteiger partial charge in [-0.05, 0) is 59.1 Å².